The number of amides is 1. The van der Waals surface area contributed by atoms with Crippen LogP contribution in [0.5, 0.6) is 0 Å². The molecule has 9 heteroatoms. The second-order valence-electron chi connectivity index (χ2n) is 6.61. The number of hydrogen-bond donors (Lipinski definition) is 3. The van der Waals surface area contributed by atoms with Crippen molar-refractivity contribution in [3.63, 3.8) is 0 Å². The van der Waals surface area contributed by atoms with E-state index in [1.807, 2.05) is 20.8 Å². The van der Waals surface area contributed by atoms with Gasteiger partial charge in [-0.3, -0.25) is 4.99 Å². The predicted molar refractivity (Wildman–Crippen MR) is 114 cm³/mol. The van der Waals surface area contributed by atoms with Gasteiger partial charge in [-0.15, -0.1) is 35.3 Å². The molecule has 0 radical (unpaired) electrons. The lowest BCUT2D eigenvalue weighted by Crippen LogP contribution is -2.42. The van der Waals surface area contributed by atoms with Crippen molar-refractivity contribution in [2.75, 3.05) is 20.1 Å². The van der Waals surface area contributed by atoms with E-state index in [0.29, 0.717) is 31.5 Å². The molecule has 144 valence electrons. The maximum atomic E-state index is 11.5. The van der Waals surface area contributed by atoms with Crippen LogP contribution >= 0.6 is 35.3 Å². The summed E-state index contributed by atoms with van der Waals surface area (Å²) in [6.07, 6.45) is -0.420. The van der Waals surface area contributed by atoms with Crippen molar-refractivity contribution in [3.8, 4) is 0 Å². The van der Waals surface area contributed by atoms with Crippen molar-refractivity contribution in [3.05, 3.63) is 16.1 Å². The smallest absolute Gasteiger partial charge is 0.407 e. The molecule has 0 aliphatic carbocycles. The standard InChI is InChI=1S/C16H29N5O2S.HI/c1-11(2)13-21-12(10-24-13)9-20-14(17-6)18-7-8-19-15(22)23-16(3,4)5;/h10-11H,7-9H2,1-6H3,(H,19,22)(H2,17,18,20);1H. The van der Waals surface area contributed by atoms with E-state index in [2.05, 4.69) is 45.2 Å². The first kappa shape index (κ1) is 23.9. The zero-order valence-electron chi connectivity index (χ0n) is 15.8. The van der Waals surface area contributed by atoms with Crippen LogP contribution in [0.4, 0.5) is 4.79 Å². The van der Waals surface area contributed by atoms with Crippen LogP contribution in [0.1, 0.15) is 51.2 Å². The fourth-order valence-electron chi connectivity index (χ4n) is 1.72. The van der Waals surface area contributed by atoms with Gasteiger partial charge in [0.25, 0.3) is 0 Å². The third-order valence-corrected chi connectivity index (χ3v) is 4.00. The topological polar surface area (TPSA) is 87.6 Å². The molecule has 0 aliphatic heterocycles. The van der Waals surface area contributed by atoms with Gasteiger partial charge in [-0.2, -0.15) is 0 Å². The number of thiazole rings is 1. The Hall–Kier alpha value is -1.10. The van der Waals surface area contributed by atoms with E-state index in [4.69, 9.17) is 4.74 Å². The fourth-order valence-corrected chi connectivity index (χ4v) is 2.56. The number of carbonyl (C=O) groups is 1. The highest BCUT2D eigenvalue weighted by atomic mass is 127. The van der Waals surface area contributed by atoms with Crippen molar-refractivity contribution in [1.29, 1.82) is 0 Å². The molecule has 3 N–H and O–H groups in total. The van der Waals surface area contributed by atoms with E-state index in [-0.39, 0.29) is 24.0 Å². The van der Waals surface area contributed by atoms with Gasteiger partial charge < -0.3 is 20.7 Å². The summed E-state index contributed by atoms with van der Waals surface area (Å²) in [6.45, 7) is 11.4. The van der Waals surface area contributed by atoms with E-state index in [9.17, 15) is 4.79 Å². The zero-order chi connectivity index (χ0) is 18.2. The molecule has 7 nitrogen and oxygen atoms in total. The normalized spacial score (nSPS) is 11.7. The monoisotopic (exact) mass is 483 g/mol. The number of ether oxygens (including phenoxy) is 1. The van der Waals surface area contributed by atoms with Gasteiger partial charge in [-0.05, 0) is 20.8 Å². The van der Waals surface area contributed by atoms with Crippen molar-refractivity contribution in [1.82, 2.24) is 20.9 Å². The minimum absolute atomic E-state index is 0. The fraction of sp³-hybridized carbons (Fsp3) is 0.688. The van der Waals surface area contributed by atoms with Crippen LogP contribution in [0.25, 0.3) is 0 Å². The van der Waals surface area contributed by atoms with E-state index in [1.165, 1.54) is 0 Å². The molecule has 1 aromatic rings. The third kappa shape index (κ3) is 10.5. The van der Waals surface area contributed by atoms with E-state index in [1.54, 1.807) is 18.4 Å². The van der Waals surface area contributed by atoms with Gasteiger partial charge >= 0.3 is 6.09 Å². The van der Waals surface area contributed by atoms with E-state index in [0.717, 1.165) is 10.7 Å². The minimum Gasteiger partial charge on any atom is -0.444 e. The van der Waals surface area contributed by atoms with Crippen LogP contribution in [0.3, 0.4) is 0 Å². The number of nitrogens with zero attached hydrogens (tertiary/aromatic N) is 2. The maximum Gasteiger partial charge on any atom is 0.407 e. The second-order valence-corrected chi connectivity index (χ2v) is 7.50. The number of rotatable bonds is 6. The van der Waals surface area contributed by atoms with Gasteiger partial charge in [0.05, 0.1) is 17.2 Å². The molecule has 1 aromatic heterocycles. The van der Waals surface area contributed by atoms with E-state index >= 15 is 0 Å². The van der Waals surface area contributed by atoms with Crippen LogP contribution < -0.4 is 16.0 Å². The Morgan fingerprint density at radius 1 is 1.28 bits per heavy atom. The average Bonchev–Trinajstić information content (AvgIpc) is 2.93. The third-order valence-electron chi connectivity index (χ3n) is 2.81. The summed E-state index contributed by atoms with van der Waals surface area (Å²) in [6, 6.07) is 0. The highest BCUT2D eigenvalue weighted by Gasteiger charge is 2.15. The average molecular weight is 483 g/mol. The largest absolute Gasteiger partial charge is 0.444 e. The summed E-state index contributed by atoms with van der Waals surface area (Å²) in [5.41, 5.74) is 0.510. The molecule has 1 rings (SSSR count). The van der Waals surface area contributed by atoms with Crippen LogP contribution in [0, 0.1) is 0 Å². The summed E-state index contributed by atoms with van der Waals surface area (Å²) < 4.78 is 5.17. The first-order chi connectivity index (χ1) is 11.2. The number of aliphatic imine (C=N–C) groups is 1. The summed E-state index contributed by atoms with van der Waals surface area (Å²) in [7, 11) is 1.71. The van der Waals surface area contributed by atoms with E-state index < -0.39 is 11.7 Å². The first-order valence-corrected chi connectivity index (χ1v) is 8.95. The number of guanidine groups is 1. The van der Waals surface area contributed by atoms with Crippen LogP contribution in [0.15, 0.2) is 10.4 Å². The van der Waals surface area contributed by atoms with Crippen LogP contribution in [-0.4, -0.2) is 42.8 Å². The summed E-state index contributed by atoms with van der Waals surface area (Å²) in [4.78, 5) is 20.2. The number of aromatic nitrogens is 1. The molecule has 0 saturated heterocycles. The number of halogens is 1. The van der Waals surface area contributed by atoms with Crippen molar-refractivity contribution < 1.29 is 9.53 Å². The molecule has 0 fully saturated rings. The number of hydrogen-bond acceptors (Lipinski definition) is 5. The minimum atomic E-state index is -0.489. The highest BCUT2D eigenvalue weighted by molar-refractivity contribution is 14.0. The van der Waals surface area contributed by atoms with Gasteiger partial charge in [-0.1, -0.05) is 13.8 Å². The Labute approximate surface area is 171 Å². The van der Waals surface area contributed by atoms with Gasteiger partial charge in [0, 0.05) is 31.4 Å². The Kier molecular flexibility index (Phi) is 11.0. The molecule has 0 bridgehead atoms. The lowest BCUT2D eigenvalue weighted by molar-refractivity contribution is 0.0529. The molecule has 1 amide bonds. The SMILES string of the molecule is CN=C(NCCNC(=O)OC(C)(C)C)NCc1csc(C(C)C)n1.I. The van der Waals surface area contributed by atoms with Crippen molar-refractivity contribution in [2.45, 2.75) is 52.7 Å². The Morgan fingerprint density at radius 3 is 2.44 bits per heavy atom. The maximum absolute atomic E-state index is 11.5. The van der Waals surface area contributed by atoms with Gasteiger partial charge in [0.1, 0.15) is 5.60 Å². The van der Waals surface area contributed by atoms with Gasteiger partial charge in [0.15, 0.2) is 5.96 Å². The molecule has 0 unspecified atom stereocenters. The van der Waals surface area contributed by atoms with Crippen LogP contribution in [0.2, 0.25) is 0 Å². The summed E-state index contributed by atoms with van der Waals surface area (Å²) >= 11 is 1.67. The molecular weight excluding hydrogens is 453 g/mol. The molecule has 0 aromatic carbocycles. The highest BCUT2D eigenvalue weighted by Crippen LogP contribution is 2.18. The van der Waals surface area contributed by atoms with Gasteiger partial charge in [-0.25, -0.2) is 9.78 Å². The van der Waals surface area contributed by atoms with Gasteiger partial charge in [0.2, 0.25) is 0 Å². The molecule has 25 heavy (non-hydrogen) atoms. The lowest BCUT2D eigenvalue weighted by Gasteiger charge is -2.19. The summed E-state index contributed by atoms with van der Waals surface area (Å²) in [5, 5.41) is 12.2. The summed E-state index contributed by atoms with van der Waals surface area (Å²) in [5.74, 6) is 1.11. The number of alkyl carbamates (subject to hydrolysis) is 1. The number of carbonyl (C=O) groups excluding carboxylic acids is 1. The zero-order valence-corrected chi connectivity index (χ0v) is 19.0. The predicted octanol–water partition coefficient (Wildman–Crippen LogP) is 3.07. The molecule has 0 spiro atoms. The van der Waals surface area contributed by atoms with Crippen LogP contribution in [-0.2, 0) is 11.3 Å². The number of nitrogens with one attached hydrogen (secondary N) is 3. The quantitative estimate of drug-likeness (QED) is 0.251. The van der Waals surface area contributed by atoms with Crippen molar-refractivity contribution in [2.24, 2.45) is 4.99 Å². The molecule has 0 aliphatic rings. The Balaban J connectivity index is 0.00000576. The Morgan fingerprint density at radius 2 is 1.92 bits per heavy atom. The molecule has 1 heterocycles. The Bertz CT molecular complexity index is 555. The lowest BCUT2D eigenvalue weighted by atomic mass is 10.2. The molecular formula is C16H30IN5O2S. The first-order valence-electron chi connectivity index (χ1n) is 8.07. The molecule has 0 saturated carbocycles. The molecule has 0 atom stereocenters. The second kappa shape index (κ2) is 11.5. The van der Waals surface area contributed by atoms with Crippen molar-refractivity contribution >= 4 is 47.4 Å².